The number of rotatable bonds is 8. The van der Waals surface area contributed by atoms with E-state index in [1.165, 1.54) is 0 Å². The molecule has 0 heterocycles. The van der Waals surface area contributed by atoms with Gasteiger partial charge in [-0.25, -0.2) is 9.59 Å². The summed E-state index contributed by atoms with van der Waals surface area (Å²) in [4.78, 5) is 27.2. The molecule has 0 atom stereocenters. The molecule has 0 saturated carbocycles. The lowest BCUT2D eigenvalue weighted by Crippen LogP contribution is -2.42. The van der Waals surface area contributed by atoms with Gasteiger partial charge < -0.3 is 20.7 Å². The largest absolute Gasteiger partial charge is 0.457 e. The molecule has 0 unspecified atom stereocenters. The zero-order chi connectivity index (χ0) is 26.0. The number of amides is 4. The number of urea groups is 2. The predicted molar refractivity (Wildman–Crippen MR) is 152 cm³/mol. The Morgan fingerprint density at radius 3 is 2.14 bits per heavy atom. The second-order valence-electron chi connectivity index (χ2n) is 8.22. The van der Waals surface area contributed by atoms with Gasteiger partial charge in [-0.2, -0.15) is 0 Å². The van der Waals surface area contributed by atoms with E-state index in [0.29, 0.717) is 22.8 Å². The van der Waals surface area contributed by atoms with Gasteiger partial charge in [-0.15, -0.1) is 0 Å². The van der Waals surface area contributed by atoms with Gasteiger partial charge in [0, 0.05) is 28.9 Å². The highest BCUT2D eigenvalue weighted by Crippen LogP contribution is 2.25. The van der Waals surface area contributed by atoms with Crippen molar-refractivity contribution in [3.05, 3.63) is 113 Å². The van der Waals surface area contributed by atoms with Crippen LogP contribution in [0.3, 0.4) is 0 Å². The minimum absolute atomic E-state index is 0.236. The molecule has 0 aromatic heterocycles. The Morgan fingerprint density at radius 2 is 1.43 bits per heavy atom. The fraction of sp³-hybridized carbons (Fsp3) is 0.103. The van der Waals surface area contributed by atoms with Crippen LogP contribution < -0.4 is 25.6 Å². The van der Waals surface area contributed by atoms with E-state index in [-0.39, 0.29) is 25.2 Å². The summed E-state index contributed by atoms with van der Waals surface area (Å²) in [6.07, 6.45) is 0. The lowest BCUT2D eigenvalue weighted by molar-refractivity contribution is 0.250. The Bertz CT molecular complexity index is 1330. The van der Waals surface area contributed by atoms with Crippen LogP contribution >= 0.6 is 15.9 Å². The number of nitrogens with one attached hydrogen (secondary N) is 3. The summed E-state index contributed by atoms with van der Waals surface area (Å²) in [7, 11) is 0. The number of benzene rings is 4. The lowest BCUT2D eigenvalue weighted by Gasteiger charge is -2.24. The molecule has 37 heavy (non-hydrogen) atoms. The number of aryl methyl sites for hydroxylation is 1. The molecule has 8 heteroatoms. The van der Waals surface area contributed by atoms with Crippen LogP contribution in [0.25, 0.3) is 0 Å². The molecule has 4 amide bonds. The predicted octanol–water partition coefficient (Wildman–Crippen LogP) is 7.41. The topological polar surface area (TPSA) is 82.7 Å². The monoisotopic (exact) mass is 558 g/mol. The van der Waals surface area contributed by atoms with Gasteiger partial charge in [0.2, 0.25) is 0 Å². The highest BCUT2D eigenvalue weighted by molar-refractivity contribution is 9.10. The SMILES string of the molecule is Cc1ccc(NC(=O)N(CCNC(=O)Nc2ccccc2Br)c2ccc(Oc3ccccc3)cc2)cc1. The van der Waals surface area contributed by atoms with Gasteiger partial charge >= 0.3 is 12.1 Å². The van der Waals surface area contributed by atoms with Gasteiger partial charge in [0.1, 0.15) is 11.5 Å². The van der Waals surface area contributed by atoms with E-state index in [4.69, 9.17) is 4.74 Å². The fourth-order valence-electron chi connectivity index (χ4n) is 3.50. The van der Waals surface area contributed by atoms with Crippen molar-refractivity contribution in [2.24, 2.45) is 0 Å². The molecule has 0 aliphatic carbocycles. The first kappa shape index (κ1) is 25.8. The molecule has 0 fully saturated rings. The molecule has 0 aliphatic rings. The number of halogens is 1. The number of nitrogens with zero attached hydrogens (tertiary/aromatic N) is 1. The summed E-state index contributed by atoms with van der Waals surface area (Å²) in [5.74, 6) is 1.38. The maximum atomic E-state index is 13.2. The zero-order valence-electron chi connectivity index (χ0n) is 20.3. The molecule has 188 valence electrons. The van der Waals surface area contributed by atoms with E-state index >= 15 is 0 Å². The summed E-state index contributed by atoms with van der Waals surface area (Å²) in [5, 5.41) is 8.54. The molecule has 4 aromatic carbocycles. The Balaban J connectivity index is 1.43. The van der Waals surface area contributed by atoms with Crippen molar-refractivity contribution in [1.29, 1.82) is 0 Å². The van der Waals surface area contributed by atoms with E-state index in [1.807, 2.05) is 104 Å². The van der Waals surface area contributed by atoms with Gasteiger partial charge in [-0.05, 0) is 83.5 Å². The molecule has 0 bridgehead atoms. The van der Waals surface area contributed by atoms with Crippen LogP contribution in [0.1, 0.15) is 5.56 Å². The van der Waals surface area contributed by atoms with Crippen LogP contribution in [0.15, 0.2) is 108 Å². The van der Waals surface area contributed by atoms with Crippen molar-refractivity contribution in [3.63, 3.8) is 0 Å². The van der Waals surface area contributed by atoms with Crippen LogP contribution in [0.4, 0.5) is 26.7 Å². The molecular formula is C29H27BrN4O3. The van der Waals surface area contributed by atoms with Crippen molar-refractivity contribution in [2.45, 2.75) is 6.92 Å². The molecule has 7 nitrogen and oxygen atoms in total. The first-order valence-corrected chi connectivity index (χ1v) is 12.5. The summed E-state index contributed by atoms with van der Waals surface area (Å²) in [5.41, 5.74) is 3.11. The van der Waals surface area contributed by atoms with Crippen molar-refractivity contribution < 1.29 is 14.3 Å². The van der Waals surface area contributed by atoms with Crippen LogP contribution in [-0.2, 0) is 0 Å². The highest BCUT2D eigenvalue weighted by atomic mass is 79.9. The Kier molecular flexibility index (Phi) is 8.78. The molecule has 0 aliphatic heterocycles. The third-order valence-electron chi connectivity index (χ3n) is 5.42. The highest BCUT2D eigenvalue weighted by Gasteiger charge is 2.17. The van der Waals surface area contributed by atoms with E-state index in [2.05, 4.69) is 31.9 Å². The molecular weight excluding hydrogens is 532 g/mol. The van der Waals surface area contributed by atoms with Gasteiger partial charge in [-0.3, -0.25) is 4.90 Å². The molecule has 0 spiro atoms. The van der Waals surface area contributed by atoms with Gasteiger partial charge in [-0.1, -0.05) is 48.0 Å². The Labute approximate surface area is 224 Å². The molecule has 4 rings (SSSR count). The number of para-hydroxylation sites is 2. The van der Waals surface area contributed by atoms with Gasteiger partial charge in [0.25, 0.3) is 0 Å². The van der Waals surface area contributed by atoms with E-state index < -0.39 is 0 Å². The first-order chi connectivity index (χ1) is 18.0. The molecule has 4 aromatic rings. The second kappa shape index (κ2) is 12.6. The van der Waals surface area contributed by atoms with Crippen molar-refractivity contribution in [2.75, 3.05) is 28.6 Å². The van der Waals surface area contributed by atoms with Crippen molar-refractivity contribution in [3.8, 4) is 11.5 Å². The zero-order valence-corrected chi connectivity index (χ0v) is 21.9. The maximum absolute atomic E-state index is 13.2. The standard InChI is InChI=1S/C29H27BrN4O3/c1-21-11-13-22(14-12-21)32-29(36)34(20-19-31-28(35)33-27-10-6-5-9-26(27)30)23-15-17-25(18-16-23)37-24-7-3-2-4-8-24/h2-18H,19-20H2,1H3,(H,32,36)(H2,31,33,35). The Morgan fingerprint density at radius 1 is 0.784 bits per heavy atom. The molecule has 0 saturated heterocycles. The number of hydrogen-bond acceptors (Lipinski definition) is 3. The van der Waals surface area contributed by atoms with E-state index in [9.17, 15) is 9.59 Å². The molecule has 0 radical (unpaired) electrons. The Hall–Kier alpha value is -4.30. The smallest absolute Gasteiger partial charge is 0.326 e. The second-order valence-corrected chi connectivity index (χ2v) is 9.07. The third kappa shape index (κ3) is 7.59. The van der Waals surface area contributed by atoms with Gasteiger partial charge in [0.05, 0.1) is 5.69 Å². The summed E-state index contributed by atoms with van der Waals surface area (Å²) in [6.45, 7) is 2.47. The van der Waals surface area contributed by atoms with E-state index in [1.54, 1.807) is 11.0 Å². The normalized spacial score (nSPS) is 10.3. The van der Waals surface area contributed by atoms with Crippen LogP contribution in [0.5, 0.6) is 11.5 Å². The van der Waals surface area contributed by atoms with Crippen molar-refractivity contribution >= 4 is 45.1 Å². The summed E-state index contributed by atoms with van der Waals surface area (Å²) in [6, 6.07) is 31.0. The molecule has 3 N–H and O–H groups in total. The minimum Gasteiger partial charge on any atom is -0.457 e. The summed E-state index contributed by atoms with van der Waals surface area (Å²) >= 11 is 3.41. The van der Waals surface area contributed by atoms with Crippen LogP contribution in [-0.4, -0.2) is 25.2 Å². The number of carbonyl (C=O) groups excluding carboxylic acids is 2. The first-order valence-electron chi connectivity index (χ1n) is 11.8. The quantitative estimate of drug-likeness (QED) is 0.210. The fourth-order valence-corrected chi connectivity index (χ4v) is 3.89. The maximum Gasteiger partial charge on any atom is 0.326 e. The number of ether oxygens (including phenoxy) is 1. The number of anilines is 3. The average molecular weight is 559 g/mol. The van der Waals surface area contributed by atoms with Crippen molar-refractivity contribution in [1.82, 2.24) is 5.32 Å². The van der Waals surface area contributed by atoms with E-state index in [0.717, 1.165) is 15.8 Å². The number of hydrogen-bond donors (Lipinski definition) is 3. The van der Waals surface area contributed by atoms with Crippen LogP contribution in [0.2, 0.25) is 0 Å². The third-order valence-corrected chi connectivity index (χ3v) is 6.11. The van der Waals surface area contributed by atoms with Crippen LogP contribution in [0, 0.1) is 6.92 Å². The number of carbonyl (C=O) groups is 2. The average Bonchev–Trinajstić information content (AvgIpc) is 2.90. The lowest BCUT2D eigenvalue weighted by atomic mass is 10.2. The minimum atomic E-state index is -0.364. The van der Waals surface area contributed by atoms with Gasteiger partial charge in [0.15, 0.2) is 0 Å². The summed E-state index contributed by atoms with van der Waals surface area (Å²) < 4.78 is 6.65.